The van der Waals surface area contributed by atoms with Crippen molar-refractivity contribution in [3.8, 4) is 0 Å². The summed E-state index contributed by atoms with van der Waals surface area (Å²) >= 11 is 5.94. The molecule has 1 amide bonds. The minimum absolute atomic E-state index is 0.121. The molecular weight excluding hydrogens is 254 g/mol. The second kappa shape index (κ2) is 5.26. The van der Waals surface area contributed by atoms with Crippen LogP contribution in [0.2, 0.25) is 0 Å². The van der Waals surface area contributed by atoms with Crippen LogP contribution >= 0.6 is 24.0 Å². The number of thioether (sulfide) groups is 1. The molecule has 0 aromatic heterocycles. The largest absolute Gasteiger partial charge is 0.481 e. The minimum Gasteiger partial charge on any atom is -0.481 e. The zero-order valence-corrected chi connectivity index (χ0v) is 9.71. The second-order valence-electron chi connectivity index (χ2n) is 3.10. The molecule has 16 heavy (non-hydrogen) atoms. The molecule has 1 heterocycles. The van der Waals surface area contributed by atoms with Gasteiger partial charge in [-0.05, 0) is 6.42 Å². The number of carboxylic acids is 2. The topological polar surface area (TPSA) is 94.9 Å². The van der Waals surface area contributed by atoms with Gasteiger partial charge in [-0.15, -0.1) is 0 Å². The molecule has 88 valence electrons. The first-order valence-electron chi connectivity index (χ1n) is 4.37. The van der Waals surface area contributed by atoms with Gasteiger partial charge in [-0.1, -0.05) is 24.0 Å². The van der Waals surface area contributed by atoms with Crippen LogP contribution in [0.15, 0.2) is 0 Å². The predicted octanol–water partition coefficient (Wildman–Crippen LogP) is 0.165. The summed E-state index contributed by atoms with van der Waals surface area (Å²) in [5.41, 5.74) is 0. The summed E-state index contributed by atoms with van der Waals surface area (Å²) < 4.78 is 0.197. The molecule has 1 atom stereocenters. The van der Waals surface area contributed by atoms with E-state index in [0.717, 1.165) is 16.7 Å². The van der Waals surface area contributed by atoms with E-state index in [1.807, 2.05) is 0 Å². The Balaban J connectivity index is 2.76. The van der Waals surface area contributed by atoms with Crippen LogP contribution in [-0.2, 0) is 14.4 Å². The first kappa shape index (κ1) is 12.9. The van der Waals surface area contributed by atoms with Crippen molar-refractivity contribution < 1.29 is 24.6 Å². The van der Waals surface area contributed by atoms with Crippen molar-refractivity contribution in [3.63, 3.8) is 0 Å². The van der Waals surface area contributed by atoms with Crippen LogP contribution in [0, 0.1) is 0 Å². The minimum atomic E-state index is -1.24. The van der Waals surface area contributed by atoms with Gasteiger partial charge in [-0.2, -0.15) is 0 Å². The molecule has 1 aliphatic heterocycles. The van der Waals surface area contributed by atoms with E-state index in [2.05, 4.69) is 0 Å². The maximum absolute atomic E-state index is 11.4. The number of rotatable bonds is 5. The van der Waals surface area contributed by atoms with E-state index >= 15 is 0 Å². The lowest BCUT2D eigenvalue weighted by Gasteiger charge is -2.22. The Bertz CT molecular complexity index is 340. The molecular formula is C8H9NO5S2. The molecule has 0 bridgehead atoms. The summed E-state index contributed by atoms with van der Waals surface area (Å²) in [7, 11) is 0. The number of carbonyl (C=O) groups excluding carboxylic acids is 1. The molecule has 0 saturated carbocycles. The molecule has 0 radical (unpaired) electrons. The smallest absolute Gasteiger partial charge is 0.326 e. The molecule has 1 rings (SSSR count). The van der Waals surface area contributed by atoms with Gasteiger partial charge in [-0.3, -0.25) is 14.5 Å². The summed E-state index contributed by atoms with van der Waals surface area (Å²) in [5, 5.41) is 17.4. The Hall–Kier alpha value is -1.15. The molecule has 2 N–H and O–H groups in total. The fraction of sp³-hybridized carbons (Fsp3) is 0.500. The van der Waals surface area contributed by atoms with Crippen LogP contribution in [0.5, 0.6) is 0 Å². The van der Waals surface area contributed by atoms with Crippen LogP contribution in [0.4, 0.5) is 0 Å². The van der Waals surface area contributed by atoms with E-state index in [9.17, 15) is 14.4 Å². The Kier molecular flexibility index (Phi) is 4.25. The van der Waals surface area contributed by atoms with Crippen LogP contribution < -0.4 is 0 Å². The van der Waals surface area contributed by atoms with Gasteiger partial charge in [0.15, 0.2) is 0 Å². The zero-order valence-electron chi connectivity index (χ0n) is 8.08. The Labute approximate surface area is 101 Å². The summed E-state index contributed by atoms with van der Waals surface area (Å²) in [6.07, 6.45) is -0.453. The third kappa shape index (κ3) is 2.92. The van der Waals surface area contributed by atoms with E-state index < -0.39 is 18.0 Å². The molecule has 1 aliphatic rings. The van der Waals surface area contributed by atoms with Crippen molar-refractivity contribution in [3.05, 3.63) is 0 Å². The lowest BCUT2D eigenvalue weighted by Crippen LogP contribution is -2.44. The van der Waals surface area contributed by atoms with E-state index in [0.29, 0.717) is 0 Å². The van der Waals surface area contributed by atoms with Crippen LogP contribution in [-0.4, -0.2) is 49.1 Å². The molecule has 1 fully saturated rings. The number of aliphatic carboxylic acids is 2. The molecule has 1 saturated heterocycles. The maximum atomic E-state index is 11.4. The Morgan fingerprint density at radius 1 is 1.50 bits per heavy atom. The van der Waals surface area contributed by atoms with Crippen molar-refractivity contribution in [1.29, 1.82) is 0 Å². The third-order valence-corrected chi connectivity index (χ3v) is 3.40. The van der Waals surface area contributed by atoms with Gasteiger partial charge < -0.3 is 10.2 Å². The van der Waals surface area contributed by atoms with Crippen LogP contribution in [0.1, 0.15) is 12.8 Å². The highest BCUT2D eigenvalue weighted by Crippen LogP contribution is 2.24. The van der Waals surface area contributed by atoms with Crippen molar-refractivity contribution in [1.82, 2.24) is 4.90 Å². The van der Waals surface area contributed by atoms with Crippen molar-refractivity contribution in [2.45, 2.75) is 18.9 Å². The third-order valence-electron chi connectivity index (χ3n) is 2.01. The van der Waals surface area contributed by atoms with Crippen molar-refractivity contribution in [2.24, 2.45) is 0 Å². The van der Waals surface area contributed by atoms with Crippen LogP contribution in [0.3, 0.4) is 0 Å². The fourth-order valence-corrected chi connectivity index (χ4v) is 2.45. The van der Waals surface area contributed by atoms with Gasteiger partial charge in [0.25, 0.3) is 0 Å². The van der Waals surface area contributed by atoms with Crippen molar-refractivity contribution >= 4 is 46.1 Å². The number of amides is 1. The molecule has 6 nitrogen and oxygen atoms in total. The van der Waals surface area contributed by atoms with Crippen molar-refractivity contribution in [2.75, 3.05) is 5.75 Å². The molecule has 0 aliphatic carbocycles. The average molecular weight is 263 g/mol. The first-order valence-corrected chi connectivity index (χ1v) is 5.76. The van der Waals surface area contributed by atoms with Gasteiger partial charge >= 0.3 is 11.9 Å². The first-order chi connectivity index (χ1) is 7.43. The highest BCUT2D eigenvalue weighted by Gasteiger charge is 2.37. The SMILES string of the molecule is O=C(O)CC[C@@H](C(=O)O)N1C(=O)CSC1=S. The summed E-state index contributed by atoms with van der Waals surface area (Å²) in [4.78, 5) is 33.7. The number of thiocarbonyl (C=S) groups is 1. The van der Waals surface area contributed by atoms with Crippen LogP contribution in [0.25, 0.3) is 0 Å². The summed E-state index contributed by atoms with van der Waals surface area (Å²) in [5.74, 6) is -2.60. The van der Waals surface area contributed by atoms with Gasteiger partial charge in [0.2, 0.25) is 5.91 Å². The zero-order chi connectivity index (χ0) is 12.3. The monoisotopic (exact) mass is 263 g/mol. The fourth-order valence-electron chi connectivity index (χ4n) is 1.29. The van der Waals surface area contributed by atoms with Gasteiger partial charge in [0.1, 0.15) is 10.4 Å². The molecule has 0 unspecified atom stereocenters. The predicted molar refractivity (Wildman–Crippen MR) is 60.2 cm³/mol. The van der Waals surface area contributed by atoms with E-state index in [-0.39, 0.29) is 28.8 Å². The standard InChI is InChI=1S/C8H9NO5S2/c10-5-3-16-8(15)9(5)4(7(13)14)1-2-6(11)12/h4H,1-3H2,(H,11,12)(H,13,14)/t4-/m0/s1. The van der Waals surface area contributed by atoms with Gasteiger partial charge in [0, 0.05) is 6.42 Å². The maximum Gasteiger partial charge on any atom is 0.326 e. The summed E-state index contributed by atoms with van der Waals surface area (Å²) in [6, 6.07) is -1.17. The average Bonchev–Trinajstić information content (AvgIpc) is 2.48. The summed E-state index contributed by atoms with van der Waals surface area (Å²) in [6.45, 7) is 0. The number of hydrogen-bond acceptors (Lipinski definition) is 5. The normalized spacial score (nSPS) is 17.6. The molecule has 0 aromatic carbocycles. The molecule has 0 aromatic rings. The lowest BCUT2D eigenvalue weighted by molar-refractivity contribution is -0.146. The molecule has 8 heteroatoms. The second-order valence-corrected chi connectivity index (χ2v) is 4.71. The van der Waals surface area contributed by atoms with Gasteiger partial charge in [-0.25, -0.2) is 4.79 Å². The van der Waals surface area contributed by atoms with E-state index in [4.69, 9.17) is 22.4 Å². The highest BCUT2D eigenvalue weighted by molar-refractivity contribution is 8.23. The van der Waals surface area contributed by atoms with E-state index in [1.54, 1.807) is 0 Å². The number of nitrogens with zero attached hydrogens (tertiary/aromatic N) is 1. The Morgan fingerprint density at radius 3 is 2.50 bits per heavy atom. The Morgan fingerprint density at radius 2 is 2.12 bits per heavy atom. The quantitative estimate of drug-likeness (QED) is 0.682. The highest BCUT2D eigenvalue weighted by atomic mass is 32.2. The van der Waals surface area contributed by atoms with E-state index in [1.165, 1.54) is 0 Å². The molecule has 0 spiro atoms. The lowest BCUT2D eigenvalue weighted by atomic mass is 10.1. The van der Waals surface area contributed by atoms with Gasteiger partial charge in [0.05, 0.1) is 5.75 Å². The number of carbonyl (C=O) groups is 3. The number of hydrogen-bond donors (Lipinski definition) is 2. The number of carboxylic acid groups (broad SMARTS) is 2.